The molecule has 0 saturated carbocycles. The molecule has 1 N–H and O–H groups in total. The molecule has 2 heterocycles. The van der Waals surface area contributed by atoms with Crippen molar-refractivity contribution < 1.29 is 14.1 Å². The molecule has 2 aromatic heterocycles. The Balaban J connectivity index is 1.80. The first-order chi connectivity index (χ1) is 12.2. The van der Waals surface area contributed by atoms with Gasteiger partial charge in [-0.2, -0.15) is 0 Å². The van der Waals surface area contributed by atoms with Crippen LogP contribution in [0.3, 0.4) is 0 Å². The SMILES string of the molecule is CCOc1ccccc1CNC(=O)c1c(-c2ccccn2)noc1C. The lowest BCUT2D eigenvalue weighted by Gasteiger charge is -2.11. The third kappa shape index (κ3) is 3.68. The topological polar surface area (TPSA) is 77.2 Å². The molecular weight excluding hydrogens is 318 g/mol. The highest BCUT2D eigenvalue weighted by molar-refractivity contribution is 6.00. The third-order valence-electron chi connectivity index (χ3n) is 3.71. The number of hydrogen-bond acceptors (Lipinski definition) is 5. The van der Waals surface area contributed by atoms with E-state index in [0.29, 0.717) is 35.9 Å². The van der Waals surface area contributed by atoms with E-state index in [0.717, 1.165) is 11.3 Å². The first-order valence-electron chi connectivity index (χ1n) is 8.07. The molecule has 0 bridgehead atoms. The largest absolute Gasteiger partial charge is 0.494 e. The Kier molecular flexibility index (Phi) is 5.09. The molecule has 0 aliphatic heterocycles. The fourth-order valence-corrected chi connectivity index (χ4v) is 2.53. The van der Waals surface area contributed by atoms with Crippen LogP contribution in [0.4, 0.5) is 0 Å². The van der Waals surface area contributed by atoms with Gasteiger partial charge in [-0.05, 0) is 32.0 Å². The molecule has 0 fully saturated rings. The van der Waals surface area contributed by atoms with Crippen molar-refractivity contribution in [3.05, 3.63) is 65.5 Å². The van der Waals surface area contributed by atoms with Gasteiger partial charge in [-0.15, -0.1) is 0 Å². The summed E-state index contributed by atoms with van der Waals surface area (Å²) in [4.78, 5) is 16.9. The van der Waals surface area contributed by atoms with Crippen molar-refractivity contribution in [1.29, 1.82) is 0 Å². The van der Waals surface area contributed by atoms with Crippen LogP contribution < -0.4 is 10.1 Å². The molecule has 6 heteroatoms. The normalized spacial score (nSPS) is 10.5. The van der Waals surface area contributed by atoms with Crippen LogP contribution in [0, 0.1) is 6.92 Å². The Morgan fingerprint density at radius 1 is 1.20 bits per heavy atom. The van der Waals surface area contributed by atoms with Gasteiger partial charge in [-0.1, -0.05) is 29.4 Å². The lowest BCUT2D eigenvalue weighted by molar-refractivity contribution is 0.0949. The number of aromatic nitrogens is 2. The van der Waals surface area contributed by atoms with Gasteiger partial charge in [0.2, 0.25) is 0 Å². The van der Waals surface area contributed by atoms with E-state index in [9.17, 15) is 4.79 Å². The van der Waals surface area contributed by atoms with Crippen molar-refractivity contribution in [2.45, 2.75) is 20.4 Å². The van der Waals surface area contributed by atoms with E-state index in [1.165, 1.54) is 0 Å². The van der Waals surface area contributed by atoms with Gasteiger partial charge in [0.15, 0.2) is 0 Å². The number of nitrogens with one attached hydrogen (secondary N) is 1. The summed E-state index contributed by atoms with van der Waals surface area (Å²) in [7, 11) is 0. The summed E-state index contributed by atoms with van der Waals surface area (Å²) in [5.41, 5.74) is 2.34. The van der Waals surface area contributed by atoms with E-state index in [1.807, 2.05) is 37.3 Å². The van der Waals surface area contributed by atoms with E-state index in [1.54, 1.807) is 25.3 Å². The van der Waals surface area contributed by atoms with Crippen molar-refractivity contribution in [2.24, 2.45) is 0 Å². The lowest BCUT2D eigenvalue weighted by Crippen LogP contribution is -2.24. The van der Waals surface area contributed by atoms with Crippen molar-refractivity contribution in [1.82, 2.24) is 15.5 Å². The predicted molar refractivity (Wildman–Crippen MR) is 93.3 cm³/mol. The average molecular weight is 337 g/mol. The third-order valence-corrected chi connectivity index (χ3v) is 3.71. The molecule has 0 aliphatic rings. The molecule has 0 atom stereocenters. The zero-order valence-electron chi connectivity index (χ0n) is 14.2. The number of benzene rings is 1. The van der Waals surface area contributed by atoms with E-state index < -0.39 is 0 Å². The quantitative estimate of drug-likeness (QED) is 0.746. The summed E-state index contributed by atoms with van der Waals surface area (Å²) in [5.74, 6) is 0.958. The first kappa shape index (κ1) is 16.7. The molecule has 0 radical (unpaired) electrons. The highest BCUT2D eigenvalue weighted by atomic mass is 16.5. The fraction of sp³-hybridized carbons (Fsp3) is 0.211. The molecule has 0 unspecified atom stereocenters. The Morgan fingerprint density at radius 2 is 2.00 bits per heavy atom. The molecule has 3 rings (SSSR count). The average Bonchev–Trinajstić information content (AvgIpc) is 3.03. The Morgan fingerprint density at radius 3 is 2.76 bits per heavy atom. The number of pyridine rings is 1. The minimum Gasteiger partial charge on any atom is -0.494 e. The van der Waals surface area contributed by atoms with Gasteiger partial charge in [-0.3, -0.25) is 9.78 Å². The second kappa shape index (κ2) is 7.61. The predicted octanol–water partition coefficient (Wildman–Crippen LogP) is 3.37. The maximum atomic E-state index is 12.7. The monoisotopic (exact) mass is 337 g/mol. The van der Waals surface area contributed by atoms with Crippen LogP contribution in [-0.2, 0) is 6.54 Å². The maximum Gasteiger partial charge on any atom is 0.257 e. The lowest BCUT2D eigenvalue weighted by atomic mass is 10.1. The van der Waals surface area contributed by atoms with Gasteiger partial charge < -0.3 is 14.6 Å². The van der Waals surface area contributed by atoms with E-state index in [-0.39, 0.29) is 5.91 Å². The zero-order valence-corrected chi connectivity index (χ0v) is 14.2. The summed E-state index contributed by atoms with van der Waals surface area (Å²) < 4.78 is 10.8. The van der Waals surface area contributed by atoms with Crippen LogP contribution >= 0.6 is 0 Å². The van der Waals surface area contributed by atoms with Crippen LogP contribution in [-0.4, -0.2) is 22.7 Å². The maximum absolute atomic E-state index is 12.7. The van der Waals surface area contributed by atoms with Crippen LogP contribution in [0.5, 0.6) is 5.75 Å². The van der Waals surface area contributed by atoms with E-state index in [4.69, 9.17) is 9.26 Å². The standard InChI is InChI=1S/C19H19N3O3/c1-3-24-16-10-5-4-8-14(16)12-21-19(23)17-13(2)25-22-18(17)15-9-6-7-11-20-15/h4-11H,3,12H2,1-2H3,(H,21,23). The second-order valence-corrected chi connectivity index (χ2v) is 5.40. The summed E-state index contributed by atoms with van der Waals surface area (Å²) in [6, 6.07) is 13.1. The number of hydrogen-bond donors (Lipinski definition) is 1. The van der Waals surface area contributed by atoms with E-state index >= 15 is 0 Å². The van der Waals surface area contributed by atoms with Crippen molar-refractivity contribution in [3.63, 3.8) is 0 Å². The van der Waals surface area contributed by atoms with Crippen LogP contribution in [0.1, 0.15) is 28.6 Å². The molecule has 128 valence electrons. The number of para-hydroxylation sites is 1. The fourth-order valence-electron chi connectivity index (χ4n) is 2.53. The number of amides is 1. The summed E-state index contributed by atoms with van der Waals surface area (Å²) in [5, 5.41) is 6.89. The van der Waals surface area contributed by atoms with Gasteiger partial charge in [0, 0.05) is 18.3 Å². The molecule has 1 aromatic carbocycles. The minimum atomic E-state index is -0.259. The Labute approximate surface area is 145 Å². The van der Waals surface area contributed by atoms with Gasteiger partial charge >= 0.3 is 0 Å². The van der Waals surface area contributed by atoms with Crippen LogP contribution in [0.2, 0.25) is 0 Å². The van der Waals surface area contributed by atoms with Gasteiger partial charge in [-0.25, -0.2) is 0 Å². The number of rotatable bonds is 6. The van der Waals surface area contributed by atoms with Gasteiger partial charge in [0.1, 0.15) is 22.8 Å². The molecule has 0 saturated heterocycles. The molecule has 6 nitrogen and oxygen atoms in total. The number of ether oxygens (including phenoxy) is 1. The molecule has 3 aromatic rings. The molecule has 1 amide bonds. The Bertz CT molecular complexity index is 859. The van der Waals surface area contributed by atoms with E-state index in [2.05, 4.69) is 15.5 Å². The number of carbonyl (C=O) groups excluding carboxylic acids is 1. The number of aryl methyl sites for hydroxylation is 1. The van der Waals surface area contributed by atoms with Gasteiger partial charge in [0.05, 0.1) is 12.3 Å². The van der Waals surface area contributed by atoms with Crippen LogP contribution in [0.15, 0.2) is 53.2 Å². The zero-order chi connectivity index (χ0) is 17.6. The molecular formula is C19H19N3O3. The minimum absolute atomic E-state index is 0.259. The Hall–Kier alpha value is -3.15. The van der Waals surface area contributed by atoms with Gasteiger partial charge in [0.25, 0.3) is 5.91 Å². The summed E-state index contributed by atoms with van der Waals surface area (Å²) in [6.07, 6.45) is 1.65. The highest BCUT2D eigenvalue weighted by Crippen LogP contribution is 2.24. The molecule has 25 heavy (non-hydrogen) atoms. The smallest absolute Gasteiger partial charge is 0.257 e. The van der Waals surface area contributed by atoms with Crippen LogP contribution in [0.25, 0.3) is 11.4 Å². The molecule has 0 aliphatic carbocycles. The highest BCUT2D eigenvalue weighted by Gasteiger charge is 2.22. The van der Waals surface area contributed by atoms with Crippen molar-refractivity contribution in [2.75, 3.05) is 6.61 Å². The second-order valence-electron chi connectivity index (χ2n) is 5.40. The van der Waals surface area contributed by atoms with Crippen molar-refractivity contribution >= 4 is 5.91 Å². The molecule has 0 spiro atoms. The summed E-state index contributed by atoms with van der Waals surface area (Å²) >= 11 is 0. The number of carbonyl (C=O) groups is 1. The first-order valence-corrected chi connectivity index (χ1v) is 8.07. The summed E-state index contributed by atoms with van der Waals surface area (Å²) in [6.45, 7) is 4.55. The van der Waals surface area contributed by atoms with Crippen molar-refractivity contribution in [3.8, 4) is 17.1 Å². The number of nitrogens with zero attached hydrogens (tertiary/aromatic N) is 2.